The molecule has 3 aromatic rings. The number of aromatic nitrogens is 1. The minimum atomic E-state index is 0.989. The summed E-state index contributed by atoms with van der Waals surface area (Å²) in [5, 5.41) is 1.31. The van der Waals surface area contributed by atoms with Crippen molar-refractivity contribution in [1.29, 1.82) is 0 Å². The summed E-state index contributed by atoms with van der Waals surface area (Å²) >= 11 is 0. The van der Waals surface area contributed by atoms with Crippen molar-refractivity contribution >= 4 is 28.7 Å². The zero-order valence-electron chi connectivity index (χ0n) is 17.3. The van der Waals surface area contributed by atoms with Gasteiger partial charge in [-0.05, 0) is 73.1 Å². The second-order valence-electron chi connectivity index (χ2n) is 8.17. The number of anilines is 1. The van der Waals surface area contributed by atoms with E-state index in [1.165, 1.54) is 60.8 Å². The highest BCUT2D eigenvalue weighted by Gasteiger charge is 2.23. The van der Waals surface area contributed by atoms with Gasteiger partial charge in [0.15, 0.2) is 6.20 Å². The quantitative estimate of drug-likeness (QED) is 0.423. The minimum absolute atomic E-state index is 0.989. The van der Waals surface area contributed by atoms with Crippen LogP contribution in [0.2, 0.25) is 0 Å². The van der Waals surface area contributed by atoms with Crippen LogP contribution in [0.4, 0.5) is 5.69 Å². The molecular formula is C27H29N2+. The maximum atomic E-state index is 2.61. The average Bonchev–Trinajstić information content (AvgIpc) is 2.77. The Kier molecular flexibility index (Phi) is 4.93. The van der Waals surface area contributed by atoms with Crippen LogP contribution in [0.1, 0.15) is 42.0 Å². The first-order valence-corrected chi connectivity index (χ1v) is 11.0. The monoisotopic (exact) mass is 381 g/mol. The molecule has 0 radical (unpaired) electrons. The van der Waals surface area contributed by atoms with Crippen molar-refractivity contribution < 1.29 is 4.57 Å². The highest BCUT2D eigenvalue weighted by atomic mass is 15.1. The summed E-state index contributed by atoms with van der Waals surface area (Å²) in [7, 11) is 0. The predicted octanol–water partition coefficient (Wildman–Crippen LogP) is 5.57. The van der Waals surface area contributed by atoms with Crippen molar-refractivity contribution in [3.05, 3.63) is 83.1 Å². The van der Waals surface area contributed by atoms with Crippen molar-refractivity contribution in [2.45, 2.75) is 39.2 Å². The van der Waals surface area contributed by atoms with Crippen LogP contribution >= 0.6 is 0 Å². The molecule has 0 bridgehead atoms. The summed E-state index contributed by atoms with van der Waals surface area (Å²) in [6, 6.07) is 15.7. The maximum absolute atomic E-state index is 2.61. The van der Waals surface area contributed by atoms with Crippen molar-refractivity contribution in [3.8, 4) is 0 Å². The topological polar surface area (TPSA) is 7.12 Å². The Morgan fingerprint density at radius 2 is 1.66 bits per heavy atom. The molecular weight excluding hydrogens is 352 g/mol. The number of hydrogen-bond donors (Lipinski definition) is 0. The third kappa shape index (κ3) is 3.48. The molecule has 0 atom stereocenters. The van der Waals surface area contributed by atoms with Gasteiger partial charge >= 0.3 is 0 Å². The fourth-order valence-electron chi connectivity index (χ4n) is 4.98. The van der Waals surface area contributed by atoms with Crippen LogP contribution in [0, 0.1) is 0 Å². The number of aryl methyl sites for hydroxylation is 3. The zero-order valence-corrected chi connectivity index (χ0v) is 17.3. The largest absolute Gasteiger partial charge is 0.371 e. The molecule has 0 saturated heterocycles. The number of fused-ring (bicyclic) bond motifs is 1. The summed E-state index contributed by atoms with van der Waals surface area (Å²) in [5.74, 6) is 0. The molecule has 5 rings (SSSR count). The van der Waals surface area contributed by atoms with Crippen molar-refractivity contribution in [1.82, 2.24) is 0 Å². The Morgan fingerprint density at radius 1 is 0.931 bits per heavy atom. The van der Waals surface area contributed by atoms with Crippen LogP contribution in [0.15, 0.2) is 60.8 Å². The van der Waals surface area contributed by atoms with Gasteiger partial charge in [0.2, 0.25) is 5.52 Å². The Morgan fingerprint density at radius 3 is 2.41 bits per heavy atom. The number of pyridine rings is 1. The molecule has 2 aliphatic heterocycles. The van der Waals surface area contributed by atoms with E-state index in [-0.39, 0.29) is 0 Å². The summed E-state index contributed by atoms with van der Waals surface area (Å²) in [6.07, 6.45) is 16.1. The molecule has 2 nitrogen and oxygen atoms in total. The third-order valence-electron chi connectivity index (χ3n) is 6.33. The average molecular weight is 382 g/mol. The Labute approximate surface area is 173 Å². The van der Waals surface area contributed by atoms with Crippen LogP contribution in [-0.2, 0) is 19.4 Å². The zero-order chi connectivity index (χ0) is 19.6. The van der Waals surface area contributed by atoms with Gasteiger partial charge in [-0.3, -0.25) is 0 Å². The second-order valence-corrected chi connectivity index (χ2v) is 8.17. The number of nitrogens with zero attached hydrogens (tertiary/aromatic N) is 2. The van der Waals surface area contributed by atoms with Gasteiger partial charge in [0, 0.05) is 30.9 Å². The normalized spacial score (nSPS) is 16.1. The lowest BCUT2D eigenvalue weighted by atomic mass is 9.90. The molecule has 0 fully saturated rings. The van der Waals surface area contributed by atoms with Crippen molar-refractivity contribution in [2.75, 3.05) is 18.0 Å². The first-order chi connectivity index (χ1) is 14.3. The molecule has 1 aromatic heterocycles. The highest BCUT2D eigenvalue weighted by Crippen LogP contribution is 2.36. The van der Waals surface area contributed by atoms with Crippen molar-refractivity contribution in [2.24, 2.45) is 0 Å². The van der Waals surface area contributed by atoms with Gasteiger partial charge in [-0.2, -0.15) is 4.57 Å². The fourth-order valence-corrected chi connectivity index (χ4v) is 4.98. The van der Waals surface area contributed by atoms with Crippen LogP contribution in [-0.4, -0.2) is 13.1 Å². The molecule has 2 heteroatoms. The molecule has 0 saturated carbocycles. The lowest BCUT2D eigenvalue weighted by Gasteiger charge is -2.37. The van der Waals surface area contributed by atoms with E-state index in [0.717, 1.165) is 6.54 Å². The Balaban J connectivity index is 1.41. The van der Waals surface area contributed by atoms with Crippen LogP contribution in [0.3, 0.4) is 0 Å². The molecule has 0 spiro atoms. The van der Waals surface area contributed by atoms with Gasteiger partial charge in [-0.25, -0.2) is 0 Å². The smallest absolute Gasteiger partial charge is 0.213 e. The number of allylic oxidation sites excluding steroid dienone is 2. The molecule has 2 aromatic carbocycles. The molecule has 2 aliphatic rings. The third-order valence-corrected chi connectivity index (χ3v) is 6.33. The number of benzene rings is 2. The van der Waals surface area contributed by atoms with E-state index in [2.05, 4.69) is 89.4 Å². The van der Waals surface area contributed by atoms with E-state index in [4.69, 9.17) is 0 Å². The SMILES string of the molecule is CC[n+]1ccc(C=CC=Cc2cc3c4c(c2)CCCN4CCC3)c2ccccc21. The lowest BCUT2D eigenvalue weighted by molar-refractivity contribution is -0.667. The first-order valence-electron chi connectivity index (χ1n) is 11.0. The Bertz CT molecular complexity index is 1080. The number of para-hydroxylation sites is 1. The van der Waals surface area contributed by atoms with E-state index in [0.29, 0.717) is 0 Å². The van der Waals surface area contributed by atoms with Gasteiger partial charge < -0.3 is 4.90 Å². The van der Waals surface area contributed by atoms with Gasteiger partial charge in [-0.1, -0.05) is 36.4 Å². The first kappa shape index (κ1) is 18.2. The van der Waals surface area contributed by atoms with E-state index in [9.17, 15) is 0 Å². The van der Waals surface area contributed by atoms with Crippen LogP contribution in [0.5, 0.6) is 0 Å². The van der Waals surface area contributed by atoms with Gasteiger partial charge in [-0.15, -0.1) is 0 Å². The molecule has 146 valence electrons. The van der Waals surface area contributed by atoms with Gasteiger partial charge in [0.05, 0.1) is 5.39 Å². The Hall–Kier alpha value is -2.87. The number of hydrogen-bond acceptors (Lipinski definition) is 1. The fraction of sp³-hybridized carbons (Fsp3) is 0.296. The van der Waals surface area contributed by atoms with Crippen LogP contribution < -0.4 is 9.47 Å². The maximum Gasteiger partial charge on any atom is 0.213 e. The standard InChI is InChI=1S/C27H29N2/c1-2-28-18-15-22(25-13-5-6-14-26(25)28)10-4-3-9-21-19-23-11-7-16-29-17-8-12-24(20-21)27(23)29/h3-6,9-10,13-15,18-20H,2,7-8,11-12,16-17H2,1H3/q+1. The summed E-state index contributed by atoms with van der Waals surface area (Å²) in [5.41, 5.74) is 8.56. The lowest BCUT2D eigenvalue weighted by Crippen LogP contribution is -2.34. The molecule has 0 unspecified atom stereocenters. The molecule has 0 amide bonds. The second kappa shape index (κ2) is 7.87. The summed E-state index contributed by atoms with van der Waals surface area (Å²) in [4.78, 5) is 2.61. The van der Waals surface area contributed by atoms with Crippen molar-refractivity contribution in [3.63, 3.8) is 0 Å². The van der Waals surface area contributed by atoms with Gasteiger partial charge in [0.25, 0.3) is 0 Å². The predicted molar refractivity (Wildman–Crippen MR) is 123 cm³/mol. The van der Waals surface area contributed by atoms with E-state index in [1.807, 2.05) is 0 Å². The van der Waals surface area contributed by atoms with E-state index in [1.54, 1.807) is 16.8 Å². The highest BCUT2D eigenvalue weighted by molar-refractivity contribution is 5.85. The molecule has 0 N–H and O–H groups in total. The number of rotatable bonds is 4. The summed E-state index contributed by atoms with van der Waals surface area (Å²) in [6.45, 7) is 5.65. The van der Waals surface area contributed by atoms with Crippen LogP contribution in [0.25, 0.3) is 23.1 Å². The molecule has 29 heavy (non-hydrogen) atoms. The van der Waals surface area contributed by atoms with E-state index < -0.39 is 0 Å². The van der Waals surface area contributed by atoms with E-state index >= 15 is 0 Å². The minimum Gasteiger partial charge on any atom is -0.371 e. The molecule has 3 heterocycles. The summed E-state index contributed by atoms with van der Waals surface area (Å²) < 4.78 is 2.30. The molecule has 0 aliphatic carbocycles. The van der Waals surface area contributed by atoms with Gasteiger partial charge in [0.1, 0.15) is 6.54 Å².